The molecule has 0 aromatic rings. The summed E-state index contributed by atoms with van der Waals surface area (Å²) in [6.07, 6.45) is -1.22. The highest BCUT2D eigenvalue weighted by atomic mass is 32.2. The minimum Gasteiger partial charge on any atom is -0.768 e. The Morgan fingerprint density at radius 1 is 1.33 bits per heavy atom. The smallest absolute Gasteiger partial charge is 0.371 e. The maximum Gasteiger partial charge on any atom is 0.371 e. The summed E-state index contributed by atoms with van der Waals surface area (Å²) in [5.41, 5.74) is 0. The fraction of sp³-hybridized carbons (Fsp3) is 0.846. The van der Waals surface area contributed by atoms with Crippen LogP contribution in [-0.2, 0) is 30.1 Å². The van der Waals surface area contributed by atoms with Crippen LogP contribution < -0.4 is 0 Å². The zero-order valence-electron chi connectivity index (χ0n) is 12.1. The molecule has 6 unspecified atom stereocenters. The van der Waals surface area contributed by atoms with Gasteiger partial charge in [0.2, 0.25) is 0 Å². The molecule has 3 aliphatic rings. The Labute approximate surface area is 136 Å². The molecular formula is C13H13F4O6S-. The van der Waals surface area contributed by atoms with Crippen LogP contribution in [0, 0.1) is 23.7 Å². The molecule has 1 saturated heterocycles. The van der Waals surface area contributed by atoms with Crippen LogP contribution in [0.5, 0.6) is 0 Å². The molecular weight excluding hydrogens is 360 g/mol. The molecule has 1 heterocycles. The second kappa shape index (κ2) is 5.65. The van der Waals surface area contributed by atoms with Crippen LogP contribution in [0.25, 0.3) is 0 Å². The van der Waals surface area contributed by atoms with Crippen molar-refractivity contribution in [3.8, 4) is 0 Å². The minimum atomic E-state index is -5.25. The van der Waals surface area contributed by atoms with Gasteiger partial charge in [-0.15, -0.1) is 0 Å². The van der Waals surface area contributed by atoms with Crippen LogP contribution in [0.3, 0.4) is 0 Å². The Kier molecular flexibility index (Phi) is 4.14. The van der Waals surface area contributed by atoms with Crippen molar-refractivity contribution >= 4 is 23.0 Å². The molecule has 6 atom stereocenters. The van der Waals surface area contributed by atoms with E-state index in [-0.39, 0.29) is 23.7 Å². The third-order valence-electron chi connectivity index (χ3n) is 5.05. The fourth-order valence-corrected chi connectivity index (χ4v) is 4.27. The molecule has 3 rings (SSSR count). The van der Waals surface area contributed by atoms with Crippen LogP contribution >= 0.6 is 0 Å². The van der Waals surface area contributed by atoms with Gasteiger partial charge in [-0.2, -0.15) is 17.6 Å². The normalized spacial score (nSPS) is 35.9. The van der Waals surface area contributed by atoms with E-state index in [0.717, 1.165) is 0 Å². The van der Waals surface area contributed by atoms with Crippen LogP contribution in [0.15, 0.2) is 0 Å². The molecule has 2 aliphatic carbocycles. The molecule has 1 aliphatic heterocycles. The lowest BCUT2D eigenvalue weighted by Crippen LogP contribution is -2.45. The van der Waals surface area contributed by atoms with Gasteiger partial charge in [0.15, 0.2) is 0 Å². The standard InChI is InChI=1S/C13H14F4O6S/c14-12(15,13(16,17)24(20)21)1-2-22-11(19)8-5-3-6-7(4-5)10(18)23-9(6)8/h5-9H,1-4H2,(H,20,21)/p-1. The van der Waals surface area contributed by atoms with Gasteiger partial charge in [-0.3, -0.25) is 13.8 Å². The highest BCUT2D eigenvalue weighted by Gasteiger charge is 2.64. The number of carbonyl (C=O) groups excluding carboxylic acids is 2. The number of rotatable bonds is 6. The third-order valence-corrected chi connectivity index (χ3v) is 5.77. The van der Waals surface area contributed by atoms with Gasteiger partial charge in [0.05, 0.1) is 24.9 Å². The summed E-state index contributed by atoms with van der Waals surface area (Å²) in [6.45, 7) is -1.06. The summed E-state index contributed by atoms with van der Waals surface area (Å²) in [5, 5.41) is -5.25. The molecule has 0 aromatic carbocycles. The Hall–Kier alpha value is -1.23. The van der Waals surface area contributed by atoms with E-state index >= 15 is 0 Å². The Balaban J connectivity index is 1.56. The van der Waals surface area contributed by atoms with E-state index in [9.17, 15) is 35.9 Å². The summed E-state index contributed by atoms with van der Waals surface area (Å²) in [4.78, 5) is 23.6. The first kappa shape index (κ1) is 17.6. The van der Waals surface area contributed by atoms with Crippen molar-refractivity contribution in [3.63, 3.8) is 0 Å². The van der Waals surface area contributed by atoms with E-state index < -0.39 is 53.3 Å². The molecule has 24 heavy (non-hydrogen) atoms. The number of esters is 2. The fourth-order valence-electron chi connectivity index (χ4n) is 3.93. The molecule has 3 fully saturated rings. The number of carbonyl (C=O) groups is 2. The lowest BCUT2D eigenvalue weighted by atomic mass is 9.82. The van der Waals surface area contributed by atoms with Crippen LogP contribution in [0.2, 0.25) is 0 Å². The predicted molar refractivity (Wildman–Crippen MR) is 67.5 cm³/mol. The number of hydrogen-bond acceptors (Lipinski definition) is 6. The predicted octanol–water partition coefficient (Wildman–Crippen LogP) is 1.22. The molecule has 0 amide bonds. The molecule has 0 radical (unpaired) electrons. The molecule has 6 nitrogen and oxygen atoms in total. The lowest BCUT2D eigenvalue weighted by Gasteiger charge is -2.28. The molecule has 0 N–H and O–H groups in total. The number of alkyl halides is 4. The van der Waals surface area contributed by atoms with Gasteiger partial charge in [0.25, 0.3) is 0 Å². The first-order chi connectivity index (χ1) is 11.1. The third kappa shape index (κ3) is 2.52. The summed E-state index contributed by atoms with van der Waals surface area (Å²) < 4.78 is 82.3. The van der Waals surface area contributed by atoms with Crippen molar-refractivity contribution in [3.05, 3.63) is 0 Å². The number of fused-ring (bicyclic) bond motifs is 1. The topological polar surface area (TPSA) is 92.7 Å². The van der Waals surface area contributed by atoms with Gasteiger partial charge in [-0.05, 0) is 18.8 Å². The minimum absolute atomic E-state index is 0.0892. The first-order valence-corrected chi connectivity index (χ1v) is 8.36. The molecule has 2 bridgehead atoms. The molecule has 136 valence electrons. The molecule has 0 spiro atoms. The van der Waals surface area contributed by atoms with Crippen LogP contribution in [0.1, 0.15) is 19.3 Å². The zero-order valence-corrected chi connectivity index (χ0v) is 12.9. The summed E-state index contributed by atoms with van der Waals surface area (Å²) in [7, 11) is 0. The van der Waals surface area contributed by atoms with Crippen LogP contribution in [-0.4, -0.2) is 44.6 Å². The van der Waals surface area contributed by atoms with Gasteiger partial charge >= 0.3 is 23.1 Å². The Morgan fingerprint density at radius 3 is 2.62 bits per heavy atom. The van der Waals surface area contributed by atoms with E-state index in [2.05, 4.69) is 4.74 Å². The van der Waals surface area contributed by atoms with Gasteiger partial charge in [0, 0.05) is 17.0 Å². The highest BCUT2D eigenvalue weighted by Crippen LogP contribution is 2.57. The van der Waals surface area contributed by atoms with Crippen LogP contribution in [0.4, 0.5) is 17.6 Å². The average Bonchev–Trinajstić information content (AvgIpc) is 3.08. The Bertz CT molecular complexity index is 597. The monoisotopic (exact) mass is 373 g/mol. The van der Waals surface area contributed by atoms with E-state index in [4.69, 9.17) is 4.74 Å². The average molecular weight is 373 g/mol. The largest absolute Gasteiger partial charge is 0.768 e. The SMILES string of the molecule is O=C1OC2C3CC(CC13)C2C(=O)OCCC(F)(F)C(F)(F)S(=O)[O-]. The highest BCUT2D eigenvalue weighted by molar-refractivity contribution is 7.80. The number of hydrogen-bond donors (Lipinski definition) is 0. The van der Waals surface area contributed by atoms with Gasteiger partial charge < -0.3 is 14.0 Å². The maximum absolute atomic E-state index is 13.2. The second-order valence-corrected chi connectivity index (χ2v) is 7.28. The van der Waals surface area contributed by atoms with Gasteiger partial charge in [-0.25, -0.2) is 0 Å². The van der Waals surface area contributed by atoms with E-state index in [1.165, 1.54) is 0 Å². The summed E-state index contributed by atoms with van der Waals surface area (Å²) in [5.74, 6) is -7.39. The first-order valence-electron chi connectivity index (χ1n) is 7.28. The lowest BCUT2D eigenvalue weighted by molar-refractivity contribution is -0.176. The van der Waals surface area contributed by atoms with Crippen molar-refractivity contribution < 1.29 is 45.4 Å². The number of halogens is 4. The molecule has 0 aromatic heterocycles. The van der Waals surface area contributed by atoms with E-state index in [0.29, 0.717) is 12.8 Å². The number of ether oxygens (including phenoxy) is 2. The van der Waals surface area contributed by atoms with Crippen molar-refractivity contribution in [2.75, 3.05) is 6.61 Å². The maximum atomic E-state index is 13.2. The van der Waals surface area contributed by atoms with E-state index in [1.54, 1.807) is 0 Å². The van der Waals surface area contributed by atoms with Crippen molar-refractivity contribution in [2.45, 2.75) is 36.5 Å². The summed E-state index contributed by atoms with van der Waals surface area (Å²) in [6, 6.07) is 0. The summed E-state index contributed by atoms with van der Waals surface area (Å²) >= 11 is -4.30. The van der Waals surface area contributed by atoms with Gasteiger partial charge in [0.1, 0.15) is 6.10 Å². The zero-order chi connectivity index (χ0) is 17.9. The second-order valence-electron chi connectivity index (χ2n) is 6.30. The van der Waals surface area contributed by atoms with E-state index in [1.807, 2.05) is 0 Å². The molecule has 2 saturated carbocycles. The quantitative estimate of drug-likeness (QED) is 0.395. The molecule has 11 heteroatoms. The van der Waals surface area contributed by atoms with Crippen molar-refractivity contribution in [1.82, 2.24) is 0 Å². The van der Waals surface area contributed by atoms with Gasteiger partial charge in [-0.1, -0.05) is 0 Å². The van der Waals surface area contributed by atoms with Crippen molar-refractivity contribution in [2.24, 2.45) is 23.7 Å². The van der Waals surface area contributed by atoms with Crippen molar-refractivity contribution in [1.29, 1.82) is 0 Å². The Morgan fingerprint density at radius 2 is 2.00 bits per heavy atom.